The van der Waals surface area contributed by atoms with Crippen molar-refractivity contribution in [3.63, 3.8) is 0 Å². The third-order valence-electron chi connectivity index (χ3n) is 3.24. The number of β-amino-alcohol motifs (C(OH)–C–C–N with tert-alkyl or cyclic N) is 1. The van der Waals surface area contributed by atoms with Gasteiger partial charge in [-0.15, -0.1) is 0 Å². The van der Waals surface area contributed by atoms with Crippen molar-refractivity contribution >= 4 is 16.7 Å². The molecule has 0 unspecified atom stereocenters. The van der Waals surface area contributed by atoms with Crippen LogP contribution in [0.25, 0.3) is 10.8 Å². The van der Waals surface area contributed by atoms with Crippen LogP contribution in [0, 0.1) is 0 Å². The summed E-state index contributed by atoms with van der Waals surface area (Å²) in [5, 5.41) is 20.9. The number of fused-ring (bicyclic) bond motifs is 1. The van der Waals surface area contributed by atoms with Crippen LogP contribution in [0.3, 0.4) is 0 Å². The van der Waals surface area contributed by atoms with Gasteiger partial charge in [0.2, 0.25) is 0 Å². The number of hydrogen-bond acceptors (Lipinski definition) is 3. The summed E-state index contributed by atoms with van der Waals surface area (Å²) in [7, 11) is 0. The number of amides is 1. The summed E-state index contributed by atoms with van der Waals surface area (Å²) in [4.78, 5) is 13.6. The van der Waals surface area contributed by atoms with Gasteiger partial charge in [0, 0.05) is 13.1 Å². The van der Waals surface area contributed by atoms with Crippen molar-refractivity contribution in [2.24, 2.45) is 0 Å². The standard InChI is InChI=1S/C14H13NO3/c16-11-7-15(8-11)14(18)12-5-9-3-1-2-4-10(9)6-13(12)17/h1-6,11,16-17H,7-8H2. The van der Waals surface area contributed by atoms with Crippen LogP contribution in [0.2, 0.25) is 0 Å². The van der Waals surface area contributed by atoms with E-state index in [9.17, 15) is 15.0 Å². The minimum absolute atomic E-state index is 0.0138. The monoisotopic (exact) mass is 243 g/mol. The van der Waals surface area contributed by atoms with E-state index < -0.39 is 6.10 Å². The highest BCUT2D eigenvalue weighted by molar-refractivity contribution is 6.01. The van der Waals surface area contributed by atoms with Gasteiger partial charge in [0.15, 0.2) is 0 Å². The Kier molecular flexibility index (Phi) is 2.45. The molecule has 2 N–H and O–H groups in total. The number of phenolic OH excluding ortho intramolecular Hbond substituents is 1. The van der Waals surface area contributed by atoms with Crippen LogP contribution in [0.5, 0.6) is 5.75 Å². The quantitative estimate of drug-likeness (QED) is 0.795. The SMILES string of the molecule is O=C(c1cc2ccccc2cc1O)N1CC(O)C1. The summed E-state index contributed by atoms with van der Waals surface area (Å²) in [6.07, 6.45) is -0.434. The highest BCUT2D eigenvalue weighted by Crippen LogP contribution is 2.27. The first-order chi connectivity index (χ1) is 8.65. The van der Waals surface area contributed by atoms with E-state index in [0.717, 1.165) is 10.8 Å². The minimum Gasteiger partial charge on any atom is -0.507 e. The number of nitrogens with zero attached hydrogens (tertiary/aromatic N) is 1. The van der Waals surface area contributed by atoms with Crippen molar-refractivity contribution in [1.82, 2.24) is 4.90 Å². The smallest absolute Gasteiger partial charge is 0.257 e. The Bertz CT molecular complexity index is 617. The molecule has 1 saturated heterocycles. The molecule has 0 aliphatic carbocycles. The minimum atomic E-state index is -0.434. The van der Waals surface area contributed by atoms with Crippen LogP contribution < -0.4 is 0 Å². The average Bonchev–Trinajstić information content (AvgIpc) is 2.33. The molecule has 4 nitrogen and oxygen atoms in total. The third-order valence-corrected chi connectivity index (χ3v) is 3.24. The fraction of sp³-hybridized carbons (Fsp3) is 0.214. The highest BCUT2D eigenvalue weighted by Gasteiger charge is 2.30. The van der Waals surface area contributed by atoms with Crippen molar-refractivity contribution in [3.05, 3.63) is 42.0 Å². The van der Waals surface area contributed by atoms with Crippen molar-refractivity contribution < 1.29 is 15.0 Å². The Morgan fingerprint density at radius 3 is 2.39 bits per heavy atom. The Morgan fingerprint density at radius 2 is 1.78 bits per heavy atom. The predicted octanol–water partition coefficient (Wildman–Crippen LogP) is 1.36. The van der Waals surface area contributed by atoms with E-state index in [1.165, 1.54) is 4.90 Å². The zero-order chi connectivity index (χ0) is 12.7. The number of likely N-dealkylation sites (tertiary alicyclic amines) is 1. The lowest BCUT2D eigenvalue weighted by molar-refractivity contribution is 0.00572. The molecule has 1 aliphatic rings. The van der Waals surface area contributed by atoms with E-state index >= 15 is 0 Å². The Morgan fingerprint density at radius 1 is 1.17 bits per heavy atom. The third kappa shape index (κ3) is 1.71. The molecule has 18 heavy (non-hydrogen) atoms. The summed E-state index contributed by atoms with van der Waals surface area (Å²) in [5.41, 5.74) is 0.292. The van der Waals surface area contributed by atoms with Crippen LogP contribution in [-0.4, -0.2) is 40.2 Å². The largest absolute Gasteiger partial charge is 0.507 e. The molecule has 4 heteroatoms. The summed E-state index contributed by atoms with van der Waals surface area (Å²) >= 11 is 0. The van der Waals surface area contributed by atoms with Gasteiger partial charge in [-0.2, -0.15) is 0 Å². The fourth-order valence-corrected chi connectivity index (χ4v) is 2.19. The number of carbonyl (C=O) groups excluding carboxylic acids is 1. The maximum Gasteiger partial charge on any atom is 0.257 e. The molecule has 1 heterocycles. The van der Waals surface area contributed by atoms with Gasteiger partial charge in [-0.25, -0.2) is 0 Å². The van der Waals surface area contributed by atoms with E-state index in [1.807, 2.05) is 24.3 Å². The molecule has 0 atom stereocenters. The van der Waals surface area contributed by atoms with Crippen LogP contribution in [0.1, 0.15) is 10.4 Å². The first-order valence-corrected chi connectivity index (χ1v) is 5.84. The van der Waals surface area contributed by atoms with E-state index in [-0.39, 0.29) is 11.7 Å². The molecule has 1 amide bonds. The van der Waals surface area contributed by atoms with Crippen LogP contribution in [0.15, 0.2) is 36.4 Å². The second-order valence-electron chi connectivity index (χ2n) is 4.58. The summed E-state index contributed by atoms with van der Waals surface area (Å²) < 4.78 is 0. The van der Waals surface area contributed by atoms with Gasteiger partial charge in [0.05, 0.1) is 11.7 Å². The number of phenols is 1. The summed E-state index contributed by atoms with van der Waals surface area (Å²) in [6, 6.07) is 10.8. The predicted molar refractivity (Wildman–Crippen MR) is 67.5 cm³/mol. The Balaban J connectivity index is 2.01. The van der Waals surface area contributed by atoms with Gasteiger partial charge in [0.25, 0.3) is 5.91 Å². The summed E-state index contributed by atoms with van der Waals surface area (Å²) in [6.45, 7) is 0.677. The van der Waals surface area contributed by atoms with Crippen molar-refractivity contribution in [3.8, 4) is 5.75 Å². The van der Waals surface area contributed by atoms with E-state index in [0.29, 0.717) is 18.7 Å². The molecule has 2 aromatic rings. The molecule has 92 valence electrons. The number of aliphatic hydroxyl groups excluding tert-OH is 1. The molecular weight excluding hydrogens is 230 g/mol. The molecule has 2 aromatic carbocycles. The fourth-order valence-electron chi connectivity index (χ4n) is 2.19. The van der Waals surface area contributed by atoms with Gasteiger partial charge in [-0.05, 0) is 22.9 Å². The Labute approximate surface area is 104 Å². The average molecular weight is 243 g/mol. The maximum atomic E-state index is 12.1. The molecule has 0 saturated carbocycles. The van der Waals surface area contributed by atoms with Gasteiger partial charge in [-0.1, -0.05) is 24.3 Å². The van der Waals surface area contributed by atoms with Crippen LogP contribution >= 0.6 is 0 Å². The van der Waals surface area contributed by atoms with Crippen molar-refractivity contribution in [1.29, 1.82) is 0 Å². The van der Waals surface area contributed by atoms with E-state index in [1.54, 1.807) is 12.1 Å². The zero-order valence-corrected chi connectivity index (χ0v) is 9.71. The second kappa shape index (κ2) is 3.99. The lowest BCUT2D eigenvalue weighted by Crippen LogP contribution is -2.53. The van der Waals surface area contributed by atoms with Gasteiger partial charge in [0.1, 0.15) is 5.75 Å². The first-order valence-electron chi connectivity index (χ1n) is 5.84. The second-order valence-corrected chi connectivity index (χ2v) is 4.58. The first kappa shape index (κ1) is 11.0. The van der Waals surface area contributed by atoms with Crippen LogP contribution in [-0.2, 0) is 0 Å². The topological polar surface area (TPSA) is 60.8 Å². The molecule has 3 rings (SSSR count). The molecule has 1 fully saturated rings. The lowest BCUT2D eigenvalue weighted by Gasteiger charge is -2.36. The molecular formula is C14H13NO3. The number of rotatable bonds is 1. The number of carbonyl (C=O) groups is 1. The van der Waals surface area contributed by atoms with Gasteiger partial charge >= 0.3 is 0 Å². The zero-order valence-electron chi connectivity index (χ0n) is 9.71. The van der Waals surface area contributed by atoms with Gasteiger partial charge < -0.3 is 15.1 Å². The van der Waals surface area contributed by atoms with Gasteiger partial charge in [-0.3, -0.25) is 4.79 Å². The number of hydrogen-bond donors (Lipinski definition) is 2. The van der Waals surface area contributed by atoms with Crippen molar-refractivity contribution in [2.75, 3.05) is 13.1 Å². The molecule has 0 bridgehead atoms. The molecule has 1 aliphatic heterocycles. The lowest BCUT2D eigenvalue weighted by atomic mass is 10.0. The van der Waals surface area contributed by atoms with Crippen LogP contribution in [0.4, 0.5) is 0 Å². The normalized spacial score (nSPS) is 15.7. The Hall–Kier alpha value is -2.07. The highest BCUT2D eigenvalue weighted by atomic mass is 16.3. The van der Waals surface area contributed by atoms with E-state index in [2.05, 4.69) is 0 Å². The molecule has 0 radical (unpaired) electrons. The number of aromatic hydroxyl groups is 1. The number of benzene rings is 2. The van der Waals surface area contributed by atoms with E-state index in [4.69, 9.17) is 0 Å². The number of aliphatic hydroxyl groups is 1. The maximum absolute atomic E-state index is 12.1. The molecule has 0 spiro atoms. The van der Waals surface area contributed by atoms with Crippen molar-refractivity contribution in [2.45, 2.75) is 6.10 Å². The summed E-state index contributed by atoms with van der Waals surface area (Å²) in [5.74, 6) is -0.247. The molecule has 0 aromatic heterocycles.